The largest absolute Gasteiger partial charge is 0.496 e. The highest BCUT2D eigenvalue weighted by Crippen LogP contribution is 2.32. The third-order valence-electron chi connectivity index (χ3n) is 5.31. The molecule has 0 saturated carbocycles. The molecule has 4 aromatic rings. The zero-order valence-electron chi connectivity index (χ0n) is 19.6. The van der Waals surface area contributed by atoms with Gasteiger partial charge in [0.1, 0.15) is 12.4 Å². The first kappa shape index (κ1) is 23.6. The molecular formula is C29H26N2O4. The number of nitrogens with zero attached hydrogens (tertiary/aromatic N) is 1. The number of methoxy groups -OCH3 is 2. The lowest BCUT2D eigenvalue weighted by Crippen LogP contribution is -2.14. The summed E-state index contributed by atoms with van der Waals surface area (Å²) in [5.41, 5.74) is 3.61. The van der Waals surface area contributed by atoms with Crippen LogP contribution >= 0.6 is 0 Å². The summed E-state index contributed by atoms with van der Waals surface area (Å²) in [4.78, 5) is 17.6. The summed E-state index contributed by atoms with van der Waals surface area (Å²) < 4.78 is 16.9. The number of hydrogen-bond acceptors (Lipinski definition) is 5. The van der Waals surface area contributed by atoms with Gasteiger partial charge in [-0.15, -0.1) is 0 Å². The standard InChI is InChI=1S/C29H26N2O4/c1-33-26-13-7-6-12-23(26)17-25(22-10-4-3-5-11-22)29(32)31-24-14-15-27(34-2)28(18-24)35-20-21-9-8-16-30-19-21/h3-19H,20H2,1-2H3,(H,31,32)/b25-17+. The Morgan fingerprint density at radius 3 is 2.37 bits per heavy atom. The monoisotopic (exact) mass is 466 g/mol. The summed E-state index contributed by atoms with van der Waals surface area (Å²) in [6, 6.07) is 26.2. The Kier molecular flexibility index (Phi) is 7.76. The van der Waals surface area contributed by atoms with Gasteiger partial charge >= 0.3 is 0 Å². The molecule has 0 atom stereocenters. The van der Waals surface area contributed by atoms with E-state index >= 15 is 0 Å². The van der Waals surface area contributed by atoms with Crippen LogP contribution in [0.2, 0.25) is 0 Å². The molecule has 35 heavy (non-hydrogen) atoms. The van der Waals surface area contributed by atoms with Crippen molar-refractivity contribution in [2.45, 2.75) is 6.61 Å². The molecule has 0 spiro atoms. The van der Waals surface area contributed by atoms with Crippen LogP contribution in [0.1, 0.15) is 16.7 Å². The van der Waals surface area contributed by atoms with Crippen molar-refractivity contribution in [1.29, 1.82) is 0 Å². The average molecular weight is 467 g/mol. The van der Waals surface area contributed by atoms with Crippen molar-refractivity contribution in [2.24, 2.45) is 0 Å². The highest BCUT2D eigenvalue weighted by molar-refractivity contribution is 6.29. The summed E-state index contributed by atoms with van der Waals surface area (Å²) >= 11 is 0. The number of ether oxygens (including phenoxy) is 3. The number of carbonyl (C=O) groups excluding carboxylic acids is 1. The maximum Gasteiger partial charge on any atom is 0.256 e. The Morgan fingerprint density at radius 1 is 0.857 bits per heavy atom. The zero-order chi connectivity index (χ0) is 24.5. The van der Waals surface area contributed by atoms with Crippen LogP contribution in [0.3, 0.4) is 0 Å². The molecule has 1 aromatic heterocycles. The molecule has 0 aliphatic rings. The van der Waals surface area contributed by atoms with Gasteiger partial charge in [-0.3, -0.25) is 9.78 Å². The zero-order valence-corrected chi connectivity index (χ0v) is 19.6. The molecule has 4 rings (SSSR count). The molecule has 6 nitrogen and oxygen atoms in total. The highest BCUT2D eigenvalue weighted by Gasteiger charge is 2.15. The fourth-order valence-electron chi connectivity index (χ4n) is 3.55. The Hall–Kier alpha value is -4.58. The number of pyridine rings is 1. The lowest BCUT2D eigenvalue weighted by molar-refractivity contribution is -0.111. The normalized spacial score (nSPS) is 11.0. The van der Waals surface area contributed by atoms with Crippen LogP contribution in [-0.4, -0.2) is 25.1 Å². The summed E-state index contributed by atoms with van der Waals surface area (Å²) in [7, 11) is 3.19. The molecule has 0 radical (unpaired) electrons. The third kappa shape index (κ3) is 6.06. The van der Waals surface area contributed by atoms with Crippen molar-refractivity contribution < 1.29 is 19.0 Å². The van der Waals surface area contributed by atoms with E-state index < -0.39 is 0 Å². The molecule has 3 aromatic carbocycles. The molecule has 0 unspecified atom stereocenters. The second-order valence-electron chi connectivity index (χ2n) is 7.64. The number of amides is 1. The van der Waals surface area contributed by atoms with Crippen molar-refractivity contribution in [3.8, 4) is 17.2 Å². The SMILES string of the molecule is COc1ccccc1/C=C(/C(=O)Nc1ccc(OC)c(OCc2cccnc2)c1)c1ccccc1. The number of nitrogens with one attached hydrogen (secondary N) is 1. The topological polar surface area (TPSA) is 69.7 Å². The predicted molar refractivity (Wildman–Crippen MR) is 137 cm³/mol. The Labute approximate surface area is 204 Å². The Balaban J connectivity index is 1.62. The van der Waals surface area contributed by atoms with E-state index in [-0.39, 0.29) is 5.91 Å². The second kappa shape index (κ2) is 11.5. The summed E-state index contributed by atoms with van der Waals surface area (Å²) in [6.45, 7) is 0.324. The smallest absolute Gasteiger partial charge is 0.256 e. The van der Waals surface area contributed by atoms with Crippen LogP contribution in [0.15, 0.2) is 97.3 Å². The fraction of sp³-hybridized carbons (Fsp3) is 0.103. The van der Waals surface area contributed by atoms with Gasteiger partial charge in [0.2, 0.25) is 0 Å². The molecule has 0 fully saturated rings. The Morgan fingerprint density at radius 2 is 1.63 bits per heavy atom. The van der Waals surface area contributed by atoms with Crippen molar-refractivity contribution in [3.63, 3.8) is 0 Å². The highest BCUT2D eigenvalue weighted by atomic mass is 16.5. The van der Waals surface area contributed by atoms with E-state index in [1.807, 2.05) is 72.8 Å². The van der Waals surface area contributed by atoms with Gasteiger partial charge in [0.15, 0.2) is 11.5 Å². The molecule has 176 valence electrons. The van der Waals surface area contributed by atoms with Crippen molar-refractivity contribution >= 4 is 23.2 Å². The van der Waals surface area contributed by atoms with Crippen molar-refractivity contribution in [1.82, 2.24) is 4.98 Å². The van der Waals surface area contributed by atoms with Crippen LogP contribution in [-0.2, 0) is 11.4 Å². The van der Waals surface area contributed by atoms with Gasteiger partial charge in [0.05, 0.1) is 14.2 Å². The van der Waals surface area contributed by atoms with Crippen LogP contribution in [0.4, 0.5) is 5.69 Å². The van der Waals surface area contributed by atoms with Gasteiger partial charge in [-0.2, -0.15) is 0 Å². The minimum absolute atomic E-state index is 0.259. The first-order valence-electron chi connectivity index (χ1n) is 11.1. The van der Waals surface area contributed by atoms with Crippen molar-refractivity contribution in [2.75, 3.05) is 19.5 Å². The molecule has 1 amide bonds. The molecule has 1 heterocycles. The van der Waals surface area contributed by atoms with Gasteiger partial charge in [-0.25, -0.2) is 0 Å². The van der Waals surface area contributed by atoms with Crippen LogP contribution < -0.4 is 19.5 Å². The molecule has 0 aliphatic carbocycles. The lowest BCUT2D eigenvalue weighted by atomic mass is 10.0. The van der Waals surface area contributed by atoms with E-state index in [0.29, 0.717) is 35.1 Å². The van der Waals surface area contributed by atoms with E-state index in [2.05, 4.69) is 10.3 Å². The van der Waals surface area contributed by atoms with Gasteiger partial charge in [-0.1, -0.05) is 54.6 Å². The first-order chi connectivity index (χ1) is 17.2. The van der Waals surface area contributed by atoms with Gasteiger partial charge < -0.3 is 19.5 Å². The number of hydrogen-bond donors (Lipinski definition) is 1. The van der Waals surface area contributed by atoms with E-state index in [4.69, 9.17) is 14.2 Å². The maximum atomic E-state index is 13.5. The van der Waals surface area contributed by atoms with Crippen LogP contribution in [0, 0.1) is 0 Å². The molecule has 0 saturated heterocycles. The number of benzene rings is 3. The maximum absolute atomic E-state index is 13.5. The predicted octanol–water partition coefficient (Wildman–Crippen LogP) is 5.86. The quantitative estimate of drug-likeness (QED) is 0.247. The van der Waals surface area contributed by atoms with Gasteiger partial charge in [0.25, 0.3) is 5.91 Å². The minimum Gasteiger partial charge on any atom is -0.496 e. The van der Waals surface area contributed by atoms with E-state index in [1.165, 1.54) is 0 Å². The number of para-hydroxylation sites is 1. The molecule has 0 bridgehead atoms. The van der Waals surface area contributed by atoms with E-state index in [9.17, 15) is 4.79 Å². The lowest BCUT2D eigenvalue weighted by Gasteiger charge is -2.14. The molecule has 6 heteroatoms. The number of aromatic nitrogens is 1. The second-order valence-corrected chi connectivity index (χ2v) is 7.64. The number of rotatable bonds is 9. The number of anilines is 1. The third-order valence-corrected chi connectivity index (χ3v) is 5.31. The van der Waals surface area contributed by atoms with Gasteiger partial charge in [0, 0.05) is 40.8 Å². The van der Waals surface area contributed by atoms with E-state index in [1.54, 1.807) is 44.8 Å². The molecule has 0 aliphatic heterocycles. The number of carbonyl (C=O) groups is 1. The minimum atomic E-state index is -0.259. The van der Waals surface area contributed by atoms with Crippen LogP contribution in [0.5, 0.6) is 17.2 Å². The summed E-state index contributed by atoms with van der Waals surface area (Å²) in [5.74, 6) is 1.51. The van der Waals surface area contributed by atoms with Crippen molar-refractivity contribution in [3.05, 3.63) is 114 Å². The first-order valence-corrected chi connectivity index (χ1v) is 11.1. The summed E-state index contributed by atoms with van der Waals surface area (Å²) in [5, 5.41) is 2.99. The van der Waals surface area contributed by atoms with Gasteiger partial charge in [-0.05, 0) is 35.9 Å². The Bertz CT molecular complexity index is 1300. The van der Waals surface area contributed by atoms with E-state index in [0.717, 1.165) is 16.7 Å². The summed E-state index contributed by atoms with van der Waals surface area (Å²) in [6.07, 6.45) is 5.28. The fourth-order valence-corrected chi connectivity index (χ4v) is 3.55. The molecule has 1 N–H and O–H groups in total. The molecular weight excluding hydrogens is 440 g/mol. The van der Waals surface area contributed by atoms with Crippen LogP contribution in [0.25, 0.3) is 11.6 Å². The average Bonchev–Trinajstić information content (AvgIpc) is 2.92.